The summed E-state index contributed by atoms with van der Waals surface area (Å²) in [6, 6.07) is 0. The Morgan fingerprint density at radius 1 is 0.538 bits per heavy atom. The van der Waals surface area contributed by atoms with E-state index in [9.17, 15) is 14.4 Å². The fourth-order valence-electron chi connectivity index (χ4n) is 3.89. The maximum absolute atomic E-state index is 12.2. The van der Waals surface area contributed by atoms with E-state index in [1.54, 1.807) is 12.2 Å². The van der Waals surface area contributed by atoms with Crippen LogP contribution in [0.25, 0.3) is 0 Å². The Bertz CT molecular complexity index is 694. The fraction of sp³-hybridized carbons (Fsp3) is 0.727. The van der Waals surface area contributed by atoms with E-state index in [4.69, 9.17) is 14.2 Å². The predicted octanol–water partition coefficient (Wildman–Crippen LogP) is 8.73. The molecule has 1 atom stereocenters. The first-order chi connectivity index (χ1) is 19.0. The van der Waals surface area contributed by atoms with Crippen LogP contribution in [-0.4, -0.2) is 37.2 Å². The zero-order chi connectivity index (χ0) is 28.8. The number of allylic oxidation sites excluding steroid dienone is 4. The van der Waals surface area contributed by atoms with Crippen molar-refractivity contribution in [3.63, 3.8) is 0 Å². The van der Waals surface area contributed by atoms with Gasteiger partial charge in [0.1, 0.15) is 13.2 Å². The second-order valence-corrected chi connectivity index (χ2v) is 9.98. The molecule has 0 aliphatic carbocycles. The summed E-state index contributed by atoms with van der Waals surface area (Å²) in [5.41, 5.74) is 0. The van der Waals surface area contributed by atoms with Crippen molar-refractivity contribution in [2.24, 2.45) is 0 Å². The second-order valence-electron chi connectivity index (χ2n) is 9.98. The molecule has 0 saturated heterocycles. The van der Waals surface area contributed by atoms with Crippen molar-refractivity contribution < 1.29 is 28.6 Å². The molecule has 0 aromatic heterocycles. The molecule has 0 aromatic rings. The minimum atomic E-state index is -0.815. The molecule has 0 fully saturated rings. The van der Waals surface area contributed by atoms with E-state index in [1.807, 2.05) is 26.0 Å². The molecule has 0 N–H and O–H groups in total. The van der Waals surface area contributed by atoms with E-state index >= 15 is 0 Å². The Morgan fingerprint density at radius 3 is 1.59 bits per heavy atom. The summed E-state index contributed by atoms with van der Waals surface area (Å²) < 4.78 is 15.9. The topological polar surface area (TPSA) is 78.9 Å². The number of carbonyl (C=O) groups is 3. The molecule has 0 radical (unpaired) electrons. The van der Waals surface area contributed by atoms with Crippen molar-refractivity contribution >= 4 is 17.9 Å². The summed E-state index contributed by atoms with van der Waals surface area (Å²) in [5.74, 6) is -1.18. The maximum atomic E-state index is 12.2. The van der Waals surface area contributed by atoms with Gasteiger partial charge in [-0.1, -0.05) is 109 Å². The largest absolute Gasteiger partial charge is 0.462 e. The highest BCUT2D eigenvalue weighted by atomic mass is 16.6. The Labute approximate surface area is 238 Å². The molecule has 0 bridgehead atoms. The monoisotopic (exact) mass is 548 g/mol. The third-order valence-corrected chi connectivity index (χ3v) is 6.18. The smallest absolute Gasteiger partial charge is 0.310 e. The molecular formula is C33H56O6. The lowest BCUT2D eigenvalue weighted by molar-refractivity contribution is -0.166. The number of hydrogen-bond acceptors (Lipinski definition) is 6. The summed E-state index contributed by atoms with van der Waals surface area (Å²) in [7, 11) is 0. The number of unbranched alkanes of at least 4 members (excludes halogenated alkanes) is 11. The van der Waals surface area contributed by atoms with Crippen LogP contribution in [0, 0.1) is 0 Å². The number of rotatable bonds is 26. The SMILES string of the molecule is CC/C=C\CC(=O)OCC(COC(=O)CCCCCCC/C=C\CCCCCCCC)OC(=O)C/C=C\CC. The minimum absolute atomic E-state index is 0.120. The van der Waals surface area contributed by atoms with Gasteiger partial charge < -0.3 is 14.2 Å². The fourth-order valence-corrected chi connectivity index (χ4v) is 3.89. The van der Waals surface area contributed by atoms with Crippen molar-refractivity contribution in [2.45, 2.75) is 142 Å². The van der Waals surface area contributed by atoms with Gasteiger partial charge in [-0.25, -0.2) is 0 Å². The lowest BCUT2D eigenvalue weighted by Crippen LogP contribution is -2.30. The van der Waals surface area contributed by atoms with Crippen LogP contribution in [-0.2, 0) is 28.6 Å². The van der Waals surface area contributed by atoms with E-state index in [0.717, 1.165) is 38.5 Å². The molecule has 224 valence electrons. The van der Waals surface area contributed by atoms with E-state index in [0.29, 0.717) is 6.42 Å². The summed E-state index contributed by atoms with van der Waals surface area (Å²) in [6.45, 7) is 5.96. The van der Waals surface area contributed by atoms with E-state index in [1.165, 1.54) is 57.8 Å². The van der Waals surface area contributed by atoms with Gasteiger partial charge in [-0.05, 0) is 44.9 Å². The van der Waals surface area contributed by atoms with E-state index in [-0.39, 0.29) is 32.0 Å². The van der Waals surface area contributed by atoms with Crippen LogP contribution in [0.3, 0.4) is 0 Å². The summed E-state index contributed by atoms with van der Waals surface area (Å²) in [4.78, 5) is 36.2. The van der Waals surface area contributed by atoms with E-state index < -0.39 is 18.0 Å². The highest BCUT2D eigenvalue weighted by Crippen LogP contribution is 2.11. The molecule has 0 heterocycles. The van der Waals surface area contributed by atoms with Gasteiger partial charge in [0.2, 0.25) is 0 Å². The second kappa shape index (κ2) is 28.6. The van der Waals surface area contributed by atoms with E-state index in [2.05, 4.69) is 19.1 Å². The molecular weight excluding hydrogens is 492 g/mol. The van der Waals surface area contributed by atoms with Gasteiger partial charge in [-0.2, -0.15) is 0 Å². The average Bonchev–Trinajstić information content (AvgIpc) is 2.92. The first kappa shape index (κ1) is 36.6. The van der Waals surface area contributed by atoms with Crippen LogP contribution in [0.1, 0.15) is 136 Å². The summed E-state index contributed by atoms with van der Waals surface area (Å²) in [5, 5.41) is 0. The Balaban J connectivity index is 4.07. The standard InChI is InChI=1S/C33H56O6/c1-4-7-10-11-12-13-14-15-16-17-18-19-20-21-24-26-32(35)38-29-30(39-33(36)27-23-9-6-3)28-37-31(34)25-22-8-5-2/h8-9,15-16,22-23,30H,4-7,10-14,17-21,24-29H2,1-3H3/b16-15-,22-8-,23-9-. The molecule has 0 aliphatic rings. The van der Waals surface area contributed by atoms with Crippen LogP contribution < -0.4 is 0 Å². The molecule has 39 heavy (non-hydrogen) atoms. The molecule has 0 spiro atoms. The van der Waals surface area contributed by atoms with Gasteiger partial charge in [-0.3, -0.25) is 14.4 Å². The number of ether oxygens (including phenoxy) is 3. The van der Waals surface area contributed by atoms with Gasteiger partial charge in [0.25, 0.3) is 0 Å². The molecule has 0 aromatic carbocycles. The molecule has 0 rings (SSSR count). The van der Waals surface area contributed by atoms with Gasteiger partial charge in [0, 0.05) is 6.42 Å². The molecule has 0 saturated carbocycles. The number of carbonyl (C=O) groups excluding carboxylic acids is 3. The Kier molecular flexibility index (Phi) is 26.9. The van der Waals surface area contributed by atoms with Gasteiger partial charge in [-0.15, -0.1) is 0 Å². The van der Waals surface area contributed by atoms with Crippen molar-refractivity contribution in [1.29, 1.82) is 0 Å². The molecule has 0 aliphatic heterocycles. The third kappa shape index (κ3) is 27.0. The molecule has 1 unspecified atom stereocenters. The van der Waals surface area contributed by atoms with Crippen molar-refractivity contribution in [3.8, 4) is 0 Å². The normalized spacial score (nSPS) is 12.4. The predicted molar refractivity (Wildman–Crippen MR) is 159 cm³/mol. The quantitative estimate of drug-likeness (QED) is 0.0465. The number of esters is 3. The zero-order valence-electron chi connectivity index (χ0n) is 25.1. The molecule has 0 amide bonds. The molecule has 6 heteroatoms. The highest BCUT2D eigenvalue weighted by molar-refractivity contribution is 5.72. The van der Waals surface area contributed by atoms with Crippen molar-refractivity contribution in [3.05, 3.63) is 36.5 Å². The Morgan fingerprint density at radius 2 is 1.03 bits per heavy atom. The van der Waals surface area contributed by atoms with Crippen LogP contribution in [0.5, 0.6) is 0 Å². The Hall–Kier alpha value is -2.37. The van der Waals surface area contributed by atoms with Gasteiger partial charge in [0.15, 0.2) is 6.10 Å². The summed E-state index contributed by atoms with van der Waals surface area (Å²) in [6.07, 6.45) is 29.0. The van der Waals surface area contributed by atoms with Gasteiger partial charge >= 0.3 is 17.9 Å². The van der Waals surface area contributed by atoms with Crippen molar-refractivity contribution in [2.75, 3.05) is 13.2 Å². The number of hydrogen-bond donors (Lipinski definition) is 0. The van der Waals surface area contributed by atoms with Crippen molar-refractivity contribution in [1.82, 2.24) is 0 Å². The lowest BCUT2D eigenvalue weighted by atomic mass is 10.1. The highest BCUT2D eigenvalue weighted by Gasteiger charge is 2.18. The maximum Gasteiger partial charge on any atom is 0.310 e. The average molecular weight is 549 g/mol. The van der Waals surface area contributed by atoms with Crippen LogP contribution in [0.4, 0.5) is 0 Å². The first-order valence-electron chi connectivity index (χ1n) is 15.5. The van der Waals surface area contributed by atoms with Gasteiger partial charge in [0.05, 0.1) is 12.8 Å². The minimum Gasteiger partial charge on any atom is -0.462 e. The zero-order valence-corrected chi connectivity index (χ0v) is 25.1. The third-order valence-electron chi connectivity index (χ3n) is 6.18. The van der Waals surface area contributed by atoms with Crippen LogP contribution >= 0.6 is 0 Å². The first-order valence-corrected chi connectivity index (χ1v) is 15.5. The lowest BCUT2D eigenvalue weighted by Gasteiger charge is -2.17. The van der Waals surface area contributed by atoms with Crippen LogP contribution in [0.15, 0.2) is 36.5 Å². The summed E-state index contributed by atoms with van der Waals surface area (Å²) >= 11 is 0. The molecule has 6 nitrogen and oxygen atoms in total. The van der Waals surface area contributed by atoms with Crippen LogP contribution in [0.2, 0.25) is 0 Å².